The highest BCUT2D eigenvalue weighted by atomic mass is 32.2. The molecular formula is C23H25F3N6O2S. The van der Waals surface area contributed by atoms with E-state index in [0.29, 0.717) is 30.6 Å². The molecule has 0 bridgehead atoms. The molecule has 3 aromatic rings. The van der Waals surface area contributed by atoms with Crippen molar-refractivity contribution in [2.75, 3.05) is 18.0 Å². The van der Waals surface area contributed by atoms with Gasteiger partial charge in [0.15, 0.2) is 0 Å². The van der Waals surface area contributed by atoms with Gasteiger partial charge in [-0.2, -0.15) is 19.0 Å². The number of hydrogen-bond donors (Lipinski definition) is 1. The number of allylic oxidation sites excluding steroid dienone is 4. The Kier molecular flexibility index (Phi) is 5.96. The minimum atomic E-state index is -4.03. The fourth-order valence-electron chi connectivity index (χ4n) is 4.94. The molecule has 35 heavy (non-hydrogen) atoms. The van der Waals surface area contributed by atoms with Crippen LogP contribution in [0.2, 0.25) is 0 Å². The number of fused-ring (bicyclic) bond motifs is 1. The molecule has 3 heterocycles. The standard InChI is InChI=1S/C23H25F3N6O2S/c1-14-22(15(2)31(28-14)23(25)26)35(33,34)29-17-10-11-30(13-17)20-4-3-5-21-19(20)12-27-32(21)18-8-6-16(24)7-9-18/h3-8,12,17-18,23,29H,9-11,13H2,1-2H3/t17-,18+/m0/s1. The first kappa shape index (κ1) is 23.6. The predicted molar refractivity (Wildman–Crippen MR) is 126 cm³/mol. The summed E-state index contributed by atoms with van der Waals surface area (Å²) in [6.07, 6.45) is 7.61. The molecule has 1 N–H and O–H groups in total. The summed E-state index contributed by atoms with van der Waals surface area (Å²) in [7, 11) is -4.03. The molecule has 2 atom stereocenters. The molecule has 0 amide bonds. The highest BCUT2D eigenvalue weighted by molar-refractivity contribution is 7.89. The van der Waals surface area contributed by atoms with Crippen molar-refractivity contribution in [1.82, 2.24) is 24.3 Å². The zero-order chi connectivity index (χ0) is 24.9. The molecule has 186 valence electrons. The molecule has 0 unspecified atom stereocenters. The maximum absolute atomic E-state index is 13.4. The van der Waals surface area contributed by atoms with Gasteiger partial charge in [-0.3, -0.25) is 4.68 Å². The average Bonchev–Trinajstić information content (AvgIpc) is 3.51. The van der Waals surface area contributed by atoms with Crippen molar-refractivity contribution in [1.29, 1.82) is 0 Å². The van der Waals surface area contributed by atoms with Crippen LogP contribution in [0.25, 0.3) is 10.9 Å². The Morgan fingerprint density at radius 3 is 2.71 bits per heavy atom. The molecule has 12 heteroatoms. The third-order valence-corrected chi connectivity index (χ3v) is 8.30. The molecule has 1 aliphatic heterocycles. The van der Waals surface area contributed by atoms with Crippen LogP contribution in [0.4, 0.5) is 18.9 Å². The smallest absolute Gasteiger partial charge is 0.333 e. The van der Waals surface area contributed by atoms with Gasteiger partial charge in [0.2, 0.25) is 10.0 Å². The van der Waals surface area contributed by atoms with Crippen molar-refractivity contribution in [2.24, 2.45) is 0 Å². The first-order valence-electron chi connectivity index (χ1n) is 11.3. The minimum absolute atomic E-state index is 0.0359. The molecule has 8 nitrogen and oxygen atoms in total. The van der Waals surface area contributed by atoms with E-state index in [9.17, 15) is 21.6 Å². The van der Waals surface area contributed by atoms with E-state index in [1.54, 1.807) is 12.3 Å². The largest absolute Gasteiger partial charge is 0.369 e. The fourth-order valence-corrected chi connectivity index (χ4v) is 6.60. The lowest BCUT2D eigenvalue weighted by Gasteiger charge is -2.21. The van der Waals surface area contributed by atoms with Crippen LogP contribution in [-0.2, 0) is 10.0 Å². The summed E-state index contributed by atoms with van der Waals surface area (Å²) in [6.45, 7) is 0.849. The summed E-state index contributed by atoms with van der Waals surface area (Å²) in [4.78, 5) is 1.88. The summed E-state index contributed by atoms with van der Waals surface area (Å²) in [6, 6.07) is 5.36. The summed E-state index contributed by atoms with van der Waals surface area (Å²) in [5.74, 6) is -0.254. The predicted octanol–water partition coefficient (Wildman–Crippen LogP) is 4.16. The number of aromatic nitrogens is 4. The number of alkyl halides is 2. The van der Waals surface area contributed by atoms with E-state index in [2.05, 4.69) is 19.8 Å². The first-order valence-corrected chi connectivity index (χ1v) is 12.8. The fraction of sp³-hybridized carbons (Fsp3) is 0.391. The van der Waals surface area contributed by atoms with Gasteiger partial charge in [0.25, 0.3) is 0 Å². The first-order chi connectivity index (χ1) is 16.7. The van der Waals surface area contributed by atoms with Crippen LogP contribution >= 0.6 is 0 Å². The van der Waals surface area contributed by atoms with Gasteiger partial charge in [-0.15, -0.1) is 0 Å². The molecule has 2 aromatic heterocycles. The lowest BCUT2D eigenvalue weighted by molar-refractivity contribution is 0.0538. The van der Waals surface area contributed by atoms with Gasteiger partial charge in [0.05, 0.1) is 29.1 Å². The van der Waals surface area contributed by atoms with E-state index in [1.165, 1.54) is 26.0 Å². The Morgan fingerprint density at radius 1 is 1.23 bits per heavy atom. The number of nitrogens with one attached hydrogen (secondary N) is 1. The van der Waals surface area contributed by atoms with Crippen molar-refractivity contribution < 1.29 is 21.6 Å². The van der Waals surface area contributed by atoms with Crippen LogP contribution in [-0.4, -0.2) is 47.1 Å². The zero-order valence-electron chi connectivity index (χ0n) is 19.2. The lowest BCUT2D eigenvalue weighted by Crippen LogP contribution is -2.37. The Morgan fingerprint density at radius 2 is 2.03 bits per heavy atom. The Labute approximate surface area is 200 Å². The number of hydrogen-bond acceptors (Lipinski definition) is 5. The minimum Gasteiger partial charge on any atom is -0.369 e. The summed E-state index contributed by atoms with van der Waals surface area (Å²) in [5.41, 5.74) is 1.77. The molecule has 1 fully saturated rings. The molecule has 2 aliphatic rings. The van der Waals surface area contributed by atoms with Gasteiger partial charge in [-0.05, 0) is 51.0 Å². The second-order valence-corrected chi connectivity index (χ2v) is 10.5. The van der Waals surface area contributed by atoms with Gasteiger partial charge < -0.3 is 4.90 Å². The third-order valence-electron chi connectivity index (χ3n) is 6.53. The molecule has 1 aliphatic carbocycles. The number of halogens is 3. The van der Waals surface area contributed by atoms with E-state index in [0.717, 1.165) is 16.6 Å². The Balaban J connectivity index is 1.36. The van der Waals surface area contributed by atoms with Crippen molar-refractivity contribution in [3.05, 3.63) is 59.8 Å². The summed E-state index contributed by atoms with van der Waals surface area (Å²) < 4.78 is 70.8. The number of anilines is 1. The monoisotopic (exact) mass is 506 g/mol. The maximum atomic E-state index is 13.4. The van der Waals surface area contributed by atoms with Crippen molar-refractivity contribution in [3.8, 4) is 0 Å². The van der Waals surface area contributed by atoms with E-state index in [4.69, 9.17) is 0 Å². The van der Waals surface area contributed by atoms with Gasteiger partial charge in [0, 0.05) is 30.2 Å². The quantitative estimate of drug-likeness (QED) is 0.543. The van der Waals surface area contributed by atoms with Crippen LogP contribution < -0.4 is 9.62 Å². The maximum Gasteiger partial charge on any atom is 0.333 e. The van der Waals surface area contributed by atoms with Gasteiger partial charge in [-0.25, -0.2) is 22.2 Å². The molecule has 0 spiro atoms. The summed E-state index contributed by atoms with van der Waals surface area (Å²) >= 11 is 0. The second-order valence-electron chi connectivity index (χ2n) is 8.83. The Hall–Kier alpha value is -3.12. The van der Waals surface area contributed by atoms with Crippen molar-refractivity contribution >= 4 is 26.6 Å². The van der Waals surface area contributed by atoms with Crippen molar-refractivity contribution in [3.63, 3.8) is 0 Å². The van der Waals surface area contributed by atoms with Crippen molar-refractivity contribution in [2.45, 2.75) is 50.2 Å². The average molecular weight is 507 g/mol. The van der Waals surface area contributed by atoms with E-state index < -0.39 is 22.6 Å². The molecule has 1 saturated heterocycles. The normalized spacial score (nSPS) is 20.9. The lowest BCUT2D eigenvalue weighted by atomic mass is 10.1. The van der Waals surface area contributed by atoms with E-state index in [1.807, 2.05) is 22.9 Å². The molecule has 1 aromatic carbocycles. The highest BCUT2D eigenvalue weighted by Gasteiger charge is 2.32. The van der Waals surface area contributed by atoms with E-state index >= 15 is 0 Å². The molecule has 0 radical (unpaired) electrons. The molecular weight excluding hydrogens is 481 g/mol. The highest BCUT2D eigenvalue weighted by Crippen LogP contribution is 2.33. The third kappa shape index (κ3) is 4.25. The number of benzene rings is 1. The Bertz CT molecular complexity index is 1440. The van der Waals surface area contributed by atoms with Crippen LogP contribution in [0.5, 0.6) is 0 Å². The number of sulfonamides is 1. The topological polar surface area (TPSA) is 85.1 Å². The zero-order valence-corrected chi connectivity index (χ0v) is 20.0. The van der Waals surface area contributed by atoms with Crippen LogP contribution in [0.1, 0.15) is 36.8 Å². The van der Waals surface area contributed by atoms with Gasteiger partial charge in [-0.1, -0.05) is 12.1 Å². The number of aryl methyl sites for hydroxylation is 1. The number of rotatable bonds is 6. The summed E-state index contributed by atoms with van der Waals surface area (Å²) in [5, 5.41) is 9.15. The molecule has 5 rings (SSSR count). The number of nitrogens with zero attached hydrogens (tertiary/aromatic N) is 5. The SMILES string of the molecule is Cc1nn(C(F)F)c(C)c1S(=O)(=O)N[C@H]1CCN(c2cccc3c2cnn3[C@@H]2C=CC(F)=CC2)C1. The second kappa shape index (κ2) is 8.83. The van der Waals surface area contributed by atoms with Crippen LogP contribution in [0, 0.1) is 13.8 Å². The van der Waals surface area contributed by atoms with Gasteiger partial charge >= 0.3 is 6.55 Å². The van der Waals surface area contributed by atoms with Gasteiger partial charge in [0.1, 0.15) is 10.7 Å². The van der Waals surface area contributed by atoms with Crippen LogP contribution in [0.15, 0.2) is 53.3 Å². The van der Waals surface area contributed by atoms with E-state index in [-0.39, 0.29) is 28.2 Å². The molecule has 0 saturated carbocycles. The van der Waals surface area contributed by atoms with Crippen LogP contribution in [0.3, 0.4) is 0 Å².